The Morgan fingerprint density at radius 3 is 1.25 bits per heavy atom. The third-order valence-electron chi connectivity index (χ3n) is 0. The third kappa shape index (κ3) is 319. The molecule has 1 radical (unpaired) electrons. The molecule has 0 aliphatic carbocycles. The van der Waals surface area contributed by atoms with E-state index in [4.69, 9.17) is 9.90 Å². The van der Waals surface area contributed by atoms with Crippen molar-refractivity contribution in [3.8, 4) is 0 Å². The average molecular weight is 222 g/mol. The quantitative estimate of drug-likeness (QED) is 0.413. The first-order chi connectivity index (χ1) is 1.73. The molecule has 0 rings (SSSR count). The number of halogens is 3. The molecule has 0 spiro atoms. The smallest absolute Gasteiger partial charge is 1.00 e. The molecule has 0 heterocycles. The molecule has 8 heavy (non-hydrogen) atoms. The van der Waals surface area contributed by atoms with Crippen LogP contribution in [0, 0.1) is 0 Å². The summed E-state index contributed by atoms with van der Waals surface area (Å²) in [7, 11) is 0. The minimum atomic E-state index is -0.833. The summed E-state index contributed by atoms with van der Waals surface area (Å²) in [6.07, 6.45) is 0. The van der Waals surface area contributed by atoms with E-state index >= 15 is 0 Å². The summed E-state index contributed by atoms with van der Waals surface area (Å²) in [5.74, 6) is -0.833. The molecule has 0 saturated carbocycles. The Bertz CT molecular complexity index is 38.3. The first-order valence-electron chi connectivity index (χ1n) is 0.928. The van der Waals surface area contributed by atoms with Crippen molar-refractivity contribution in [2.45, 2.75) is 6.92 Å². The molecule has 0 aromatic heterocycles. The van der Waals surface area contributed by atoms with Crippen LogP contribution in [-0.4, -0.2) is 11.1 Å². The van der Waals surface area contributed by atoms with Crippen molar-refractivity contribution in [2.24, 2.45) is 0 Å². The van der Waals surface area contributed by atoms with Gasteiger partial charge in [-0.15, -0.1) is 0 Å². The van der Waals surface area contributed by atoms with E-state index in [1.54, 1.807) is 0 Å². The van der Waals surface area contributed by atoms with Crippen molar-refractivity contribution in [1.82, 2.24) is 0 Å². The monoisotopic (exact) mass is 221 g/mol. The Hall–Kier alpha value is 0.859. The summed E-state index contributed by atoms with van der Waals surface area (Å²) in [6.45, 7) is 1.08. The molecule has 0 saturated heterocycles. The van der Waals surface area contributed by atoms with Gasteiger partial charge in [0.25, 0.3) is 5.97 Å². The van der Waals surface area contributed by atoms with Crippen molar-refractivity contribution in [3.63, 3.8) is 0 Å². The minimum Gasteiger partial charge on any atom is -1.00 e. The Kier molecular flexibility index (Phi) is 114. The number of rotatable bonds is 0. The van der Waals surface area contributed by atoms with Gasteiger partial charge in [0.05, 0.1) is 0 Å². The molecule has 0 unspecified atom stereocenters. The number of hydrogen-bond donors (Lipinski definition) is 1. The van der Waals surface area contributed by atoms with Crippen molar-refractivity contribution in [3.05, 3.63) is 0 Å². The molecular formula is C2H4Cl3FeO2. The number of carboxylic acid groups (broad SMARTS) is 1. The van der Waals surface area contributed by atoms with E-state index in [1.165, 1.54) is 0 Å². The molecule has 1 N–H and O–H groups in total. The summed E-state index contributed by atoms with van der Waals surface area (Å²) in [5, 5.41) is 7.42. The second-order valence-electron chi connectivity index (χ2n) is 0.519. The molecule has 0 bridgehead atoms. The van der Waals surface area contributed by atoms with E-state index < -0.39 is 5.97 Å². The maximum absolute atomic E-state index is 9.00. The SMILES string of the molecule is CC(=O)O.[Cl-].[Cl-].[Cl-].[Fe+3]. The number of carbonyl (C=O) groups is 1. The predicted molar refractivity (Wildman–Crippen MR) is 13.3 cm³/mol. The van der Waals surface area contributed by atoms with Crippen LogP contribution in [0.3, 0.4) is 0 Å². The molecule has 0 aromatic carbocycles. The zero-order valence-electron chi connectivity index (χ0n) is 3.84. The van der Waals surface area contributed by atoms with Gasteiger partial charge >= 0.3 is 17.1 Å². The van der Waals surface area contributed by atoms with Gasteiger partial charge in [-0.05, 0) is 0 Å². The average Bonchev–Trinajstić information content (AvgIpc) is 0.811. The largest absolute Gasteiger partial charge is 3.00 e. The van der Waals surface area contributed by atoms with Crippen LogP contribution in [0.1, 0.15) is 6.92 Å². The fourth-order valence-corrected chi connectivity index (χ4v) is 0. The molecule has 6 heteroatoms. The Morgan fingerprint density at radius 1 is 1.25 bits per heavy atom. The van der Waals surface area contributed by atoms with E-state index in [0.29, 0.717) is 0 Å². The van der Waals surface area contributed by atoms with Crippen LogP contribution in [0.2, 0.25) is 0 Å². The molecule has 53 valence electrons. The van der Waals surface area contributed by atoms with Crippen molar-refractivity contribution >= 4 is 5.97 Å². The first-order valence-corrected chi connectivity index (χ1v) is 0.928. The van der Waals surface area contributed by atoms with Gasteiger partial charge < -0.3 is 42.3 Å². The second kappa shape index (κ2) is 24.8. The zero-order valence-corrected chi connectivity index (χ0v) is 7.21. The van der Waals surface area contributed by atoms with Gasteiger partial charge in [-0.3, -0.25) is 4.79 Å². The minimum absolute atomic E-state index is 0. The molecule has 0 aliphatic rings. The Balaban J connectivity index is -0.00000000750. The fourth-order valence-electron chi connectivity index (χ4n) is 0. The van der Waals surface area contributed by atoms with Crippen molar-refractivity contribution < 1.29 is 64.2 Å². The Labute approximate surface area is 77.1 Å². The maximum atomic E-state index is 9.00. The van der Waals surface area contributed by atoms with Crippen LogP contribution in [0.25, 0.3) is 0 Å². The van der Waals surface area contributed by atoms with Crippen LogP contribution < -0.4 is 37.2 Å². The molecule has 2 nitrogen and oxygen atoms in total. The third-order valence-corrected chi connectivity index (χ3v) is 0. The summed E-state index contributed by atoms with van der Waals surface area (Å²) >= 11 is 0. The van der Waals surface area contributed by atoms with Gasteiger partial charge in [-0.1, -0.05) is 0 Å². The van der Waals surface area contributed by atoms with E-state index in [1.807, 2.05) is 0 Å². The molecule has 0 amide bonds. The van der Waals surface area contributed by atoms with Crippen molar-refractivity contribution in [2.75, 3.05) is 0 Å². The number of aliphatic carboxylic acids is 1. The van der Waals surface area contributed by atoms with E-state index in [9.17, 15) is 0 Å². The zero-order chi connectivity index (χ0) is 3.58. The van der Waals surface area contributed by atoms with Crippen LogP contribution in [-0.2, 0) is 21.9 Å². The Morgan fingerprint density at radius 2 is 1.25 bits per heavy atom. The standard InChI is InChI=1S/C2H4O2.3ClH.Fe/c1-2(3)4;;;;/h1H3,(H,3,4);3*1H;/q;;;;+3/p-3. The van der Waals surface area contributed by atoms with Gasteiger partial charge in [0.1, 0.15) is 0 Å². The first kappa shape index (κ1) is 36.7. The van der Waals surface area contributed by atoms with Gasteiger partial charge in [-0.25, -0.2) is 0 Å². The topological polar surface area (TPSA) is 37.3 Å². The second-order valence-corrected chi connectivity index (χ2v) is 0.519. The summed E-state index contributed by atoms with van der Waals surface area (Å²) < 4.78 is 0. The normalized spacial score (nSPS) is 3.12. The van der Waals surface area contributed by atoms with E-state index in [0.717, 1.165) is 6.92 Å². The molecule has 0 aromatic rings. The van der Waals surface area contributed by atoms with Crippen LogP contribution in [0.4, 0.5) is 0 Å². The van der Waals surface area contributed by atoms with E-state index in [2.05, 4.69) is 0 Å². The van der Waals surface area contributed by atoms with Gasteiger partial charge in [0, 0.05) is 6.92 Å². The molecular weight excluding hydrogens is 218 g/mol. The number of carboxylic acids is 1. The number of hydrogen-bond acceptors (Lipinski definition) is 1. The summed E-state index contributed by atoms with van der Waals surface area (Å²) in [6, 6.07) is 0. The fraction of sp³-hybridized carbons (Fsp3) is 0.500. The van der Waals surface area contributed by atoms with Crippen LogP contribution in [0.5, 0.6) is 0 Å². The van der Waals surface area contributed by atoms with E-state index in [-0.39, 0.29) is 54.3 Å². The summed E-state index contributed by atoms with van der Waals surface area (Å²) in [4.78, 5) is 9.00. The van der Waals surface area contributed by atoms with Gasteiger partial charge in [0.2, 0.25) is 0 Å². The molecule has 0 aliphatic heterocycles. The van der Waals surface area contributed by atoms with Crippen LogP contribution >= 0.6 is 0 Å². The molecule has 0 atom stereocenters. The predicted octanol–water partition coefficient (Wildman–Crippen LogP) is -8.90. The van der Waals surface area contributed by atoms with Crippen molar-refractivity contribution in [1.29, 1.82) is 0 Å². The van der Waals surface area contributed by atoms with Gasteiger partial charge in [0.15, 0.2) is 0 Å². The maximum Gasteiger partial charge on any atom is 3.00 e. The van der Waals surface area contributed by atoms with Gasteiger partial charge in [-0.2, -0.15) is 0 Å². The van der Waals surface area contributed by atoms with Crippen LogP contribution in [0.15, 0.2) is 0 Å². The summed E-state index contributed by atoms with van der Waals surface area (Å²) in [5.41, 5.74) is 0. The molecule has 0 fully saturated rings.